The highest BCUT2D eigenvalue weighted by molar-refractivity contribution is 5.94. The highest BCUT2D eigenvalue weighted by Crippen LogP contribution is 2.13. The number of rotatable bonds is 5. The van der Waals surface area contributed by atoms with Gasteiger partial charge in [-0.05, 0) is 19.1 Å². The highest BCUT2D eigenvalue weighted by Gasteiger charge is 2.16. The highest BCUT2D eigenvalue weighted by atomic mass is 19.1. The van der Waals surface area contributed by atoms with E-state index in [0.29, 0.717) is 11.6 Å². The molecule has 0 aliphatic rings. The van der Waals surface area contributed by atoms with Crippen molar-refractivity contribution in [1.82, 2.24) is 10.5 Å². The van der Waals surface area contributed by atoms with E-state index in [1.807, 2.05) is 0 Å². The molecule has 7 heteroatoms. The Hall–Kier alpha value is -2.70. The number of carbonyl (C=O) groups is 2. The van der Waals surface area contributed by atoms with Crippen molar-refractivity contribution in [3.05, 3.63) is 47.5 Å². The lowest BCUT2D eigenvalue weighted by molar-refractivity contribution is -0.116. The molecule has 2 aromatic rings. The van der Waals surface area contributed by atoms with Crippen LogP contribution in [-0.4, -0.2) is 30.1 Å². The van der Waals surface area contributed by atoms with E-state index in [1.54, 1.807) is 19.1 Å². The van der Waals surface area contributed by atoms with Crippen LogP contribution in [0.3, 0.4) is 0 Å². The molecule has 0 atom stereocenters. The van der Waals surface area contributed by atoms with Gasteiger partial charge in [0.1, 0.15) is 11.6 Å². The summed E-state index contributed by atoms with van der Waals surface area (Å²) in [7, 11) is 0. The van der Waals surface area contributed by atoms with Gasteiger partial charge in [-0.3, -0.25) is 14.5 Å². The third-order valence-corrected chi connectivity index (χ3v) is 3.01. The SMILES string of the molecule is CC(=O)N(CCNC(=O)c1ccccc1F)c1cc(C)on1. The second kappa shape index (κ2) is 6.84. The normalized spacial score (nSPS) is 10.3. The lowest BCUT2D eigenvalue weighted by Gasteiger charge is -2.17. The monoisotopic (exact) mass is 305 g/mol. The predicted molar refractivity (Wildman–Crippen MR) is 78.0 cm³/mol. The summed E-state index contributed by atoms with van der Waals surface area (Å²) in [5.74, 6) is -0.385. The first kappa shape index (κ1) is 15.7. The minimum Gasteiger partial charge on any atom is -0.360 e. The van der Waals surface area contributed by atoms with Gasteiger partial charge in [-0.1, -0.05) is 17.3 Å². The zero-order chi connectivity index (χ0) is 16.1. The Bertz CT molecular complexity index is 684. The van der Waals surface area contributed by atoms with E-state index in [1.165, 1.54) is 30.0 Å². The summed E-state index contributed by atoms with van der Waals surface area (Å²) < 4.78 is 18.4. The Morgan fingerprint density at radius 2 is 2.09 bits per heavy atom. The molecule has 1 aromatic heterocycles. The number of benzene rings is 1. The molecule has 1 heterocycles. The zero-order valence-corrected chi connectivity index (χ0v) is 12.3. The number of hydrogen-bond acceptors (Lipinski definition) is 4. The lowest BCUT2D eigenvalue weighted by atomic mass is 10.2. The molecule has 0 saturated heterocycles. The van der Waals surface area contributed by atoms with Gasteiger partial charge in [0.15, 0.2) is 5.82 Å². The molecule has 2 rings (SSSR count). The summed E-state index contributed by atoms with van der Waals surface area (Å²) in [6.07, 6.45) is 0. The molecule has 0 fully saturated rings. The number of amides is 2. The molecule has 0 unspecified atom stereocenters. The smallest absolute Gasteiger partial charge is 0.254 e. The van der Waals surface area contributed by atoms with Crippen molar-refractivity contribution in [3.63, 3.8) is 0 Å². The first-order valence-corrected chi connectivity index (χ1v) is 6.73. The van der Waals surface area contributed by atoms with Crippen molar-refractivity contribution >= 4 is 17.6 Å². The maximum Gasteiger partial charge on any atom is 0.254 e. The summed E-state index contributed by atoms with van der Waals surface area (Å²) >= 11 is 0. The van der Waals surface area contributed by atoms with E-state index in [2.05, 4.69) is 10.5 Å². The summed E-state index contributed by atoms with van der Waals surface area (Å²) in [5, 5.41) is 6.34. The third kappa shape index (κ3) is 3.69. The second-order valence-electron chi connectivity index (χ2n) is 4.70. The van der Waals surface area contributed by atoms with E-state index in [0.717, 1.165) is 0 Å². The zero-order valence-electron chi connectivity index (χ0n) is 12.3. The van der Waals surface area contributed by atoms with E-state index < -0.39 is 11.7 Å². The van der Waals surface area contributed by atoms with E-state index in [4.69, 9.17) is 4.52 Å². The Labute approximate surface area is 126 Å². The summed E-state index contributed by atoms with van der Waals surface area (Å²) in [4.78, 5) is 24.9. The largest absolute Gasteiger partial charge is 0.360 e. The van der Waals surface area contributed by atoms with Crippen LogP contribution in [0.5, 0.6) is 0 Å². The van der Waals surface area contributed by atoms with Gasteiger partial charge in [-0.25, -0.2) is 4.39 Å². The Balaban J connectivity index is 1.95. The fraction of sp³-hybridized carbons (Fsp3) is 0.267. The minimum absolute atomic E-state index is 0.0332. The molecule has 22 heavy (non-hydrogen) atoms. The number of anilines is 1. The van der Waals surface area contributed by atoms with Crippen molar-refractivity contribution in [3.8, 4) is 0 Å². The number of hydrogen-bond donors (Lipinski definition) is 1. The van der Waals surface area contributed by atoms with Crippen LogP contribution >= 0.6 is 0 Å². The predicted octanol–water partition coefficient (Wildman–Crippen LogP) is 1.91. The molecular formula is C15H16FN3O3. The first-order chi connectivity index (χ1) is 10.5. The number of aryl methyl sites for hydroxylation is 1. The number of halogens is 1. The maximum absolute atomic E-state index is 13.5. The van der Waals surface area contributed by atoms with Crippen LogP contribution in [0, 0.1) is 12.7 Å². The number of nitrogens with zero attached hydrogens (tertiary/aromatic N) is 2. The summed E-state index contributed by atoms with van der Waals surface area (Å²) in [6, 6.07) is 7.33. The molecule has 0 aliphatic carbocycles. The van der Waals surface area contributed by atoms with Crippen LogP contribution in [0.2, 0.25) is 0 Å². The van der Waals surface area contributed by atoms with Gasteiger partial charge < -0.3 is 9.84 Å². The molecule has 0 aliphatic heterocycles. The standard InChI is InChI=1S/C15H16FN3O3/c1-10-9-14(18-22-10)19(11(2)20)8-7-17-15(21)12-5-3-4-6-13(12)16/h3-6,9H,7-8H2,1-2H3,(H,17,21). The molecular weight excluding hydrogens is 289 g/mol. The quantitative estimate of drug-likeness (QED) is 0.915. The first-order valence-electron chi connectivity index (χ1n) is 6.73. The molecule has 1 aromatic carbocycles. The van der Waals surface area contributed by atoms with E-state index in [-0.39, 0.29) is 24.6 Å². The Morgan fingerprint density at radius 1 is 1.36 bits per heavy atom. The van der Waals surface area contributed by atoms with Crippen LogP contribution in [-0.2, 0) is 4.79 Å². The lowest BCUT2D eigenvalue weighted by Crippen LogP contribution is -2.38. The van der Waals surface area contributed by atoms with Crippen molar-refractivity contribution in [2.75, 3.05) is 18.0 Å². The maximum atomic E-state index is 13.5. The topological polar surface area (TPSA) is 75.4 Å². The minimum atomic E-state index is -0.587. The van der Waals surface area contributed by atoms with Crippen molar-refractivity contribution in [2.45, 2.75) is 13.8 Å². The van der Waals surface area contributed by atoms with Crippen molar-refractivity contribution in [2.24, 2.45) is 0 Å². The van der Waals surface area contributed by atoms with Crippen LogP contribution < -0.4 is 10.2 Å². The van der Waals surface area contributed by atoms with Gasteiger partial charge in [0.2, 0.25) is 5.91 Å². The van der Waals surface area contributed by atoms with Gasteiger partial charge in [-0.2, -0.15) is 0 Å². The van der Waals surface area contributed by atoms with Gasteiger partial charge in [0, 0.05) is 26.1 Å². The van der Waals surface area contributed by atoms with Crippen LogP contribution in [0.25, 0.3) is 0 Å². The second-order valence-corrected chi connectivity index (χ2v) is 4.70. The molecule has 0 saturated carbocycles. The van der Waals surface area contributed by atoms with Gasteiger partial charge in [-0.15, -0.1) is 0 Å². The van der Waals surface area contributed by atoms with Gasteiger partial charge in [0.25, 0.3) is 5.91 Å². The molecule has 0 bridgehead atoms. The molecule has 0 spiro atoms. The fourth-order valence-corrected chi connectivity index (χ4v) is 1.94. The van der Waals surface area contributed by atoms with Crippen molar-refractivity contribution < 1.29 is 18.5 Å². The van der Waals surface area contributed by atoms with Crippen LogP contribution in [0.4, 0.5) is 10.2 Å². The van der Waals surface area contributed by atoms with Crippen LogP contribution in [0.1, 0.15) is 23.0 Å². The van der Waals surface area contributed by atoms with Gasteiger partial charge in [0.05, 0.1) is 5.56 Å². The summed E-state index contributed by atoms with van der Waals surface area (Å²) in [6.45, 7) is 3.48. The molecule has 0 radical (unpaired) electrons. The summed E-state index contributed by atoms with van der Waals surface area (Å²) in [5.41, 5.74) is -0.0332. The molecule has 6 nitrogen and oxygen atoms in total. The van der Waals surface area contributed by atoms with Crippen LogP contribution in [0.15, 0.2) is 34.9 Å². The Kier molecular flexibility index (Phi) is 4.88. The molecule has 2 amide bonds. The number of carbonyl (C=O) groups excluding carboxylic acids is 2. The van der Waals surface area contributed by atoms with Gasteiger partial charge >= 0.3 is 0 Å². The van der Waals surface area contributed by atoms with E-state index >= 15 is 0 Å². The number of aromatic nitrogens is 1. The fourth-order valence-electron chi connectivity index (χ4n) is 1.94. The average Bonchev–Trinajstić information content (AvgIpc) is 2.89. The van der Waals surface area contributed by atoms with E-state index in [9.17, 15) is 14.0 Å². The number of nitrogens with one attached hydrogen (secondary N) is 1. The molecule has 116 valence electrons. The Morgan fingerprint density at radius 3 is 2.68 bits per heavy atom. The molecule has 1 N–H and O–H groups in total. The third-order valence-electron chi connectivity index (χ3n) is 3.01. The van der Waals surface area contributed by atoms with Crippen molar-refractivity contribution in [1.29, 1.82) is 0 Å². The average molecular weight is 305 g/mol.